The first-order valence-electron chi connectivity index (χ1n) is 6.77. The average Bonchev–Trinajstić information content (AvgIpc) is 2.74. The summed E-state index contributed by atoms with van der Waals surface area (Å²) in [5, 5.41) is 25.4. The van der Waals surface area contributed by atoms with Crippen LogP contribution in [0.1, 0.15) is 38.5 Å². The molecule has 7 nitrogen and oxygen atoms in total. The Kier molecular flexibility index (Phi) is 1.99. The second-order valence-electron chi connectivity index (χ2n) is 6.66. The Morgan fingerprint density at radius 3 is 2.58 bits per heavy atom. The molecule has 102 valence electrons. The average molecular weight is 264 g/mol. The van der Waals surface area contributed by atoms with Gasteiger partial charge in [-0.2, -0.15) is 4.68 Å². The van der Waals surface area contributed by atoms with Crippen molar-refractivity contribution in [3.63, 3.8) is 0 Å². The van der Waals surface area contributed by atoms with Crippen molar-refractivity contribution in [2.24, 2.45) is 11.8 Å². The van der Waals surface area contributed by atoms with E-state index in [0.717, 1.165) is 25.7 Å². The first-order chi connectivity index (χ1) is 8.98. The smallest absolute Gasteiger partial charge is 0.390 e. The van der Waals surface area contributed by atoms with Crippen molar-refractivity contribution in [2.45, 2.75) is 49.7 Å². The summed E-state index contributed by atoms with van der Waals surface area (Å²) in [4.78, 5) is 13.9. The summed E-state index contributed by atoms with van der Waals surface area (Å²) in [6.07, 6.45) is 6.99. The fourth-order valence-corrected chi connectivity index (χ4v) is 5.00. The van der Waals surface area contributed by atoms with E-state index < -0.39 is 10.5 Å². The van der Waals surface area contributed by atoms with Crippen molar-refractivity contribution in [1.82, 2.24) is 14.8 Å². The third-order valence-electron chi connectivity index (χ3n) is 5.13. The largest absolute Gasteiger partial charge is 0.490 e. The molecule has 19 heavy (non-hydrogen) atoms. The van der Waals surface area contributed by atoms with Gasteiger partial charge in [0.25, 0.3) is 0 Å². The molecule has 5 rings (SSSR count). The molecule has 1 aromatic rings. The SMILES string of the molecule is O=[N+]([O-])c1ncn(C23CC4CC(CC(O)(C4)C2)C3)n1. The Morgan fingerprint density at radius 2 is 2.05 bits per heavy atom. The highest BCUT2D eigenvalue weighted by molar-refractivity contribution is 5.12. The summed E-state index contributed by atoms with van der Waals surface area (Å²) in [5.74, 6) is 0.701. The molecule has 4 saturated carbocycles. The van der Waals surface area contributed by atoms with Gasteiger partial charge < -0.3 is 15.2 Å². The molecule has 0 aromatic carbocycles. The number of hydrogen-bond donors (Lipinski definition) is 1. The van der Waals surface area contributed by atoms with Gasteiger partial charge in [0.1, 0.15) is 0 Å². The number of rotatable bonds is 2. The molecule has 0 aliphatic heterocycles. The minimum Gasteiger partial charge on any atom is -0.390 e. The van der Waals surface area contributed by atoms with E-state index in [9.17, 15) is 15.2 Å². The molecule has 4 aliphatic rings. The maximum Gasteiger partial charge on any atom is 0.490 e. The number of nitrogens with zero attached hydrogens (tertiary/aromatic N) is 4. The van der Waals surface area contributed by atoms with Gasteiger partial charge in [0, 0.05) is 11.5 Å². The molecule has 0 radical (unpaired) electrons. The maximum atomic E-state index is 10.7. The van der Waals surface area contributed by atoms with Gasteiger partial charge in [0.15, 0.2) is 0 Å². The minimum atomic E-state index is -0.592. The van der Waals surface area contributed by atoms with Crippen LogP contribution in [0.4, 0.5) is 5.95 Å². The Morgan fingerprint density at radius 1 is 1.37 bits per heavy atom. The topological polar surface area (TPSA) is 94.1 Å². The lowest BCUT2D eigenvalue weighted by Crippen LogP contribution is -2.59. The van der Waals surface area contributed by atoms with Crippen LogP contribution < -0.4 is 0 Å². The molecule has 4 bridgehead atoms. The normalized spacial score (nSPS) is 43.6. The summed E-state index contributed by atoms with van der Waals surface area (Å²) in [6.45, 7) is 0. The molecule has 0 saturated heterocycles. The number of hydrogen-bond acceptors (Lipinski definition) is 5. The van der Waals surface area contributed by atoms with Gasteiger partial charge in [0.2, 0.25) is 6.33 Å². The van der Waals surface area contributed by atoms with Crippen LogP contribution in [0, 0.1) is 22.0 Å². The van der Waals surface area contributed by atoms with Crippen molar-refractivity contribution in [1.29, 1.82) is 0 Å². The van der Waals surface area contributed by atoms with E-state index in [2.05, 4.69) is 10.1 Å². The first kappa shape index (κ1) is 11.3. The van der Waals surface area contributed by atoms with Crippen LogP contribution in [0.25, 0.3) is 0 Å². The molecule has 0 spiro atoms. The number of nitro groups is 1. The van der Waals surface area contributed by atoms with Crippen LogP contribution in [0.5, 0.6) is 0 Å². The number of aliphatic hydroxyl groups is 1. The molecular formula is C12H16N4O3. The fraction of sp³-hybridized carbons (Fsp3) is 0.833. The lowest BCUT2D eigenvalue weighted by Gasteiger charge is -2.59. The van der Waals surface area contributed by atoms with Crippen LogP contribution in [0.2, 0.25) is 0 Å². The first-order valence-corrected chi connectivity index (χ1v) is 6.77. The van der Waals surface area contributed by atoms with Crippen molar-refractivity contribution >= 4 is 5.95 Å². The third-order valence-corrected chi connectivity index (χ3v) is 5.13. The molecule has 1 N–H and O–H groups in total. The fourth-order valence-electron chi connectivity index (χ4n) is 5.00. The Balaban J connectivity index is 1.75. The van der Waals surface area contributed by atoms with Gasteiger partial charge in [-0.1, -0.05) is 4.98 Å². The van der Waals surface area contributed by atoms with Crippen LogP contribution in [-0.4, -0.2) is 30.4 Å². The predicted molar refractivity (Wildman–Crippen MR) is 64.3 cm³/mol. The van der Waals surface area contributed by atoms with E-state index in [-0.39, 0.29) is 11.5 Å². The highest BCUT2D eigenvalue weighted by atomic mass is 16.6. The van der Waals surface area contributed by atoms with Crippen LogP contribution in [0.3, 0.4) is 0 Å². The van der Waals surface area contributed by atoms with Crippen molar-refractivity contribution < 1.29 is 10.0 Å². The Hall–Kier alpha value is -1.50. The quantitative estimate of drug-likeness (QED) is 0.640. The molecule has 2 atom stereocenters. The zero-order chi connectivity index (χ0) is 13.3. The highest BCUT2D eigenvalue weighted by Crippen LogP contribution is 2.60. The third kappa shape index (κ3) is 1.54. The zero-order valence-electron chi connectivity index (χ0n) is 10.5. The molecule has 1 aromatic heterocycles. The zero-order valence-corrected chi connectivity index (χ0v) is 10.5. The van der Waals surface area contributed by atoms with Gasteiger partial charge in [-0.05, 0) is 48.9 Å². The van der Waals surface area contributed by atoms with E-state index >= 15 is 0 Å². The second-order valence-corrected chi connectivity index (χ2v) is 6.66. The lowest BCUT2D eigenvalue weighted by atomic mass is 9.51. The minimum absolute atomic E-state index is 0.250. The summed E-state index contributed by atoms with van der Waals surface area (Å²) in [5.41, 5.74) is -0.842. The van der Waals surface area contributed by atoms with E-state index in [1.807, 2.05) is 0 Å². The van der Waals surface area contributed by atoms with E-state index in [1.165, 1.54) is 12.7 Å². The van der Waals surface area contributed by atoms with Crippen LogP contribution in [-0.2, 0) is 5.54 Å². The van der Waals surface area contributed by atoms with Crippen LogP contribution >= 0.6 is 0 Å². The highest BCUT2D eigenvalue weighted by Gasteiger charge is 2.59. The van der Waals surface area contributed by atoms with E-state index in [4.69, 9.17) is 0 Å². The predicted octanol–water partition coefficient (Wildman–Crippen LogP) is 1.23. The molecule has 2 unspecified atom stereocenters. The Labute approximate surface area is 109 Å². The molecular weight excluding hydrogens is 248 g/mol. The molecule has 4 fully saturated rings. The van der Waals surface area contributed by atoms with Gasteiger partial charge in [-0.25, -0.2) is 0 Å². The van der Waals surface area contributed by atoms with Gasteiger partial charge >= 0.3 is 5.95 Å². The summed E-state index contributed by atoms with van der Waals surface area (Å²) in [7, 11) is 0. The summed E-state index contributed by atoms with van der Waals surface area (Å²) >= 11 is 0. The monoisotopic (exact) mass is 264 g/mol. The van der Waals surface area contributed by atoms with Crippen molar-refractivity contribution in [3.05, 3.63) is 16.4 Å². The summed E-state index contributed by atoms with van der Waals surface area (Å²) < 4.78 is 1.66. The molecule has 1 heterocycles. The molecule has 0 amide bonds. The standard InChI is InChI=1S/C12H16N4O3/c17-12-4-8-1-9(5-12)3-11(2-8,6-12)15-7-13-10(14-15)16(18)19/h7-9,17H,1-6H2. The summed E-state index contributed by atoms with van der Waals surface area (Å²) in [6, 6.07) is 0. The Bertz CT molecular complexity index is 541. The van der Waals surface area contributed by atoms with Gasteiger partial charge in [0.05, 0.1) is 11.1 Å². The van der Waals surface area contributed by atoms with Gasteiger partial charge in [-0.15, -0.1) is 0 Å². The molecule has 7 heteroatoms. The van der Waals surface area contributed by atoms with Crippen molar-refractivity contribution in [2.75, 3.05) is 0 Å². The van der Waals surface area contributed by atoms with E-state index in [1.54, 1.807) is 4.68 Å². The lowest BCUT2D eigenvalue weighted by molar-refractivity contribution is -0.394. The van der Waals surface area contributed by atoms with Crippen molar-refractivity contribution in [3.8, 4) is 0 Å². The number of aromatic nitrogens is 3. The molecule has 4 aliphatic carbocycles. The maximum absolute atomic E-state index is 10.7. The van der Waals surface area contributed by atoms with E-state index in [0.29, 0.717) is 18.3 Å². The second kappa shape index (κ2) is 3.33. The van der Waals surface area contributed by atoms with Crippen LogP contribution in [0.15, 0.2) is 6.33 Å². The van der Waals surface area contributed by atoms with Gasteiger partial charge in [-0.3, -0.25) is 0 Å².